The summed E-state index contributed by atoms with van der Waals surface area (Å²) in [6.45, 7) is 7.58. The highest BCUT2D eigenvalue weighted by Crippen LogP contribution is 2.42. The third-order valence-corrected chi connectivity index (χ3v) is 5.17. The van der Waals surface area contributed by atoms with Gasteiger partial charge in [0.05, 0.1) is 26.1 Å². The number of hydrogen-bond donors (Lipinski definition) is 1. The first kappa shape index (κ1) is 21.2. The Kier molecular flexibility index (Phi) is 8.99. The number of carbonyl (C=O) groups excluding carboxylic acids is 1. The molecule has 24 heavy (non-hydrogen) atoms. The fourth-order valence-corrected chi connectivity index (χ4v) is 3.63. The number of halogens is 1. The summed E-state index contributed by atoms with van der Waals surface area (Å²) in [5.74, 6) is 0.909. The van der Waals surface area contributed by atoms with Crippen LogP contribution in [0.15, 0.2) is 18.2 Å². The number of benzene rings is 1. The number of fused-ring (bicyclic) bond motifs is 1. The monoisotopic (exact) mass is 398 g/mol. The smallest absolute Gasteiger partial charge is 0.313 e. The van der Waals surface area contributed by atoms with Crippen LogP contribution in [-0.2, 0) is 4.79 Å². The van der Waals surface area contributed by atoms with Gasteiger partial charge in [0.15, 0.2) is 0 Å². The first-order valence-electron chi connectivity index (χ1n) is 9.36. The van der Waals surface area contributed by atoms with Crippen LogP contribution < -0.4 is 0 Å². The molecule has 2 aliphatic carbocycles. The topological polar surface area (TPSA) is 37.3 Å². The standard InChI is InChI=1S/C14H28NO.C6H4O.BrH/c1-3-5-6-8-11-15(14(16)4-2)12-9-7-10-13-15;7-6-2-1-4-3-5(4)6;/h3-13H2,1-2H3;1-3,7H;1H/q+1;;. The van der Waals surface area contributed by atoms with E-state index >= 15 is 0 Å². The summed E-state index contributed by atoms with van der Waals surface area (Å²) in [4.78, 5) is 12.1. The zero-order valence-corrected chi connectivity index (χ0v) is 16.9. The predicted molar refractivity (Wildman–Crippen MR) is 106 cm³/mol. The molecule has 0 unspecified atom stereocenters. The van der Waals surface area contributed by atoms with E-state index in [1.807, 2.05) is 19.1 Å². The number of nitrogens with zero attached hydrogens (tertiary/aromatic N) is 1. The molecule has 0 spiro atoms. The molecular weight excluding hydrogens is 366 g/mol. The third kappa shape index (κ3) is 5.59. The van der Waals surface area contributed by atoms with Gasteiger partial charge in [-0.1, -0.05) is 32.8 Å². The Bertz CT molecular complexity index is 524. The van der Waals surface area contributed by atoms with Crippen LogP contribution in [-0.4, -0.2) is 35.1 Å². The lowest BCUT2D eigenvalue weighted by Crippen LogP contribution is -2.56. The predicted octanol–water partition coefficient (Wildman–Crippen LogP) is 5.45. The lowest BCUT2D eigenvalue weighted by Gasteiger charge is -2.39. The molecule has 136 valence electrons. The molecule has 1 aliphatic heterocycles. The van der Waals surface area contributed by atoms with Crippen LogP contribution in [0.2, 0.25) is 0 Å². The van der Waals surface area contributed by atoms with Crippen LogP contribution in [0, 0.1) is 0 Å². The van der Waals surface area contributed by atoms with Crippen molar-refractivity contribution in [3.63, 3.8) is 0 Å². The summed E-state index contributed by atoms with van der Waals surface area (Å²) in [7, 11) is 0. The van der Waals surface area contributed by atoms with Crippen LogP contribution in [0.25, 0.3) is 11.1 Å². The second kappa shape index (κ2) is 10.2. The van der Waals surface area contributed by atoms with Crippen molar-refractivity contribution in [2.75, 3.05) is 19.6 Å². The minimum absolute atomic E-state index is 0. The molecule has 3 rings (SSSR count). The summed E-state index contributed by atoms with van der Waals surface area (Å²) < 4.78 is 0.806. The van der Waals surface area contributed by atoms with Crippen LogP contribution in [0.3, 0.4) is 0 Å². The molecule has 1 heterocycles. The summed E-state index contributed by atoms with van der Waals surface area (Å²) in [5, 5.41) is 8.78. The molecule has 1 amide bonds. The van der Waals surface area contributed by atoms with Crippen molar-refractivity contribution in [1.29, 1.82) is 0 Å². The number of carbonyl (C=O) groups is 1. The lowest BCUT2D eigenvalue weighted by molar-refractivity contribution is -0.860. The molecule has 4 heteroatoms. The van der Waals surface area contributed by atoms with Crippen molar-refractivity contribution < 1.29 is 14.4 Å². The van der Waals surface area contributed by atoms with E-state index in [0.717, 1.165) is 29.7 Å². The number of aromatic hydroxyl groups is 1. The molecule has 0 atom stereocenters. The van der Waals surface area contributed by atoms with Gasteiger partial charge in [-0.3, -0.25) is 4.48 Å². The van der Waals surface area contributed by atoms with E-state index in [1.54, 1.807) is 6.07 Å². The SMILES string of the molecule is Br.CCCCCC[N+]1(C(=O)CC)CCCCC1.Oc1ccc2cc1-2. The van der Waals surface area contributed by atoms with Gasteiger partial charge in [0, 0.05) is 5.56 Å². The van der Waals surface area contributed by atoms with E-state index in [1.165, 1.54) is 50.5 Å². The molecule has 3 aliphatic rings. The van der Waals surface area contributed by atoms with E-state index in [4.69, 9.17) is 5.11 Å². The molecule has 0 bridgehead atoms. The molecule has 0 radical (unpaired) electrons. The zero-order chi connectivity index (χ0) is 16.7. The number of quaternary nitrogens is 1. The second-order valence-electron chi connectivity index (χ2n) is 6.92. The third-order valence-electron chi connectivity index (χ3n) is 5.17. The van der Waals surface area contributed by atoms with Crippen LogP contribution in [0.5, 0.6) is 5.75 Å². The van der Waals surface area contributed by atoms with Gasteiger partial charge in [-0.2, -0.15) is 0 Å². The maximum Gasteiger partial charge on any atom is 0.313 e. The van der Waals surface area contributed by atoms with Gasteiger partial charge < -0.3 is 5.11 Å². The number of piperidine rings is 1. The van der Waals surface area contributed by atoms with Crippen molar-refractivity contribution in [2.45, 2.75) is 65.2 Å². The Morgan fingerprint density at radius 1 is 1.08 bits per heavy atom. The van der Waals surface area contributed by atoms with E-state index in [0.29, 0.717) is 18.1 Å². The highest BCUT2D eigenvalue weighted by Gasteiger charge is 2.35. The van der Waals surface area contributed by atoms with Gasteiger partial charge in [0.2, 0.25) is 0 Å². The molecule has 0 aromatic heterocycles. The quantitative estimate of drug-likeness (QED) is 0.518. The van der Waals surface area contributed by atoms with E-state index in [-0.39, 0.29) is 17.0 Å². The fourth-order valence-electron chi connectivity index (χ4n) is 3.63. The number of amides is 1. The zero-order valence-electron chi connectivity index (χ0n) is 15.2. The maximum atomic E-state index is 12.1. The summed E-state index contributed by atoms with van der Waals surface area (Å²) >= 11 is 0. The van der Waals surface area contributed by atoms with Gasteiger partial charge in [0.1, 0.15) is 5.75 Å². The molecule has 1 N–H and O–H groups in total. The number of likely N-dealkylation sites (tertiary alicyclic amines) is 1. The minimum atomic E-state index is 0. The number of rotatable bonds is 6. The van der Waals surface area contributed by atoms with Gasteiger partial charge in [0.25, 0.3) is 0 Å². The van der Waals surface area contributed by atoms with E-state index in [9.17, 15) is 4.79 Å². The lowest BCUT2D eigenvalue weighted by atomic mass is 10.0. The number of phenolic OH excluding ortho intramolecular Hbond substituents is 1. The molecule has 0 aromatic carbocycles. The van der Waals surface area contributed by atoms with Crippen molar-refractivity contribution in [1.82, 2.24) is 0 Å². The molecule has 1 saturated heterocycles. The van der Waals surface area contributed by atoms with Crippen LogP contribution >= 0.6 is 17.0 Å². The molecule has 0 saturated carbocycles. The number of phenols is 1. The van der Waals surface area contributed by atoms with Gasteiger partial charge >= 0.3 is 5.91 Å². The van der Waals surface area contributed by atoms with Crippen molar-refractivity contribution in [2.24, 2.45) is 0 Å². The average Bonchev–Trinajstić information content (AvgIpc) is 3.29. The van der Waals surface area contributed by atoms with Crippen molar-refractivity contribution in [3.8, 4) is 16.9 Å². The fraction of sp³-hybridized carbons (Fsp3) is 0.650. The van der Waals surface area contributed by atoms with Crippen LogP contribution in [0.4, 0.5) is 0 Å². The molecule has 3 nitrogen and oxygen atoms in total. The van der Waals surface area contributed by atoms with Crippen molar-refractivity contribution in [3.05, 3.63) is 18.2 Å². The minimum Gasteiger partial charge on any atom is -0.507 e. The highest BCUT2D eigenvalue weighted by atomic mass is 79.9. The van der Waals surface area contributed by atoms with Crippen molar-refractivity contribution >= 4 is 22.9 Å². The van der Waals surface area contributed by atoms with E-state index < -0.39 is 0 Å². The van der Waals surface area contributed by atoms with Gasteiger partial charge in [-0.25, -0.2) is 4.79 Å². The summed E-state index contributed by atoms with van der Waals surface area (Å²) in [5.41, 5.74) is 2.22. The second-order valence-corrected chi connectivity index (χ2v) is 6.92. The highest BCUT2D eigenvalue weighted by molar-refractivity contribution is 8.93. The Morgan fingerprint density at radius 2 is 1.79 bits per heavy atom. The maximum absolute atomic E-state index is 12.1. The van der Waals surface area contributed by atoms with Gasteiger partial charge in [-0.15, -0.1) is 17.0 Å². The molecule has 0 aromatic rings. The number of unbranched alkanes of at least 4 members (excludes halogenated alkanes) is 3. The largest absolute Gasteiger partial charge is 0.507 e. The Morgan fingerprint density at radius 3 is 2.21 bits per heavy atom. The summed E-state index contributed by atoms with van der Waals surface area (Å²) in [6.07, 6.45) is 9.67. The molecular formula is C20H33BrNO2+. The molecule has 1 fully saturated rings. The van der Waals surface area contributed by atoms with Crippen LogP contribution in [0.1, 0.15) is 65.2 Å². The number of hydrogen-bond acceptors (Lipinski definition) is 2. The van der Waals surface area contributed by atoms with Gasteiger partial charge in [-0.05, 0) is 49.8 Å². The average molecular weight is 399 g/mol. The Balaban J connectivity index is 0.000000296. The first-order chi connectivity index (χ1) is 11.1. The Hall–Kier alpha value is -0.870. The normalized spacial score (nSPS) is 16.4. The summed E-state index contributed by atoms with van der Waals surface area (Å²) in [6, 6.07) is 5.57. The first-order valence-corrected chi connectivity index (χ1v) is 9.36. The van der Waals surface area contributed by atoms with E-state index in [2.05, 4.69) is 6.92 Å². The Labute approximate surface area is 157 Å².